The molecule has 0 saturated heterocycles. The molecule has 0 unspecified atom stereocenters. The molecule has 0 fully saturated rings. The van der Waals surface area contributed by atoms with E-state index in [2.05, 4.69) is 4.74 Å². The Balaban J connectivity index is 3.76. The second-order valence-electron chi connectivity index (χ2n) is 2.81. The van der Waals surface area contributed by atoms with Crippen molar-refractivity contribution in [2.24, 2.45) is 0 Å². The van der Waals surface area contributed by atoms with Crippen LogP contribution in [0, 0.1) is 0 Å². The van der Waals surface area contributed by atoms with E-state index < -0.39 is 18.2 Å². The van der Waals surface area contributed by atoms with Gasteiger partial charge in [-0.1, -0.05) is 0 Å². The molecule has 0 aliphatic rings. The van der Waals surface area contributed by atoms with Crippen molar-refractivity contribution >= 4 is 17.5 Å². The number of Topliss-reactive ketones (excluding diaryl/α,β-unsaturated/α-hetero) is 2. The van der Waals surface area contributed by atoms with Crippen LogP contribution in [0.25, 0.3) is 0 Å². The zero-order chi connectivity index (χ0) is 11.7. The topological polar surface area (TPSA) is 69.7 Å². The molecule has 0 amide bonds. The smallest absolute Gasteiger partial charge is 0.375 e. The van der Waals surface area contributed by atoms with Crippen LogP contribution < -0.4 is 0 Å². The van der Waals surface area contributed by atoms with Gasteiger partial charge in [0, 0.05) is 13.0 Å². The summed E-state index contributed by atoms with van der Waals surface area (Å²) in [6.07, 6.45) is -0.245. The van der Waals surface area contributed by atoms with Crippen molar-refractivity contribution in [3.05, 3.63) is 0 Å². The van der Waals surface area contributed by atoms with E-state index in [4.69, 9.17) is 4.74 Å². The largest absolute Gasteiger partial charge is 0.460 e. The molecule has 5 nitrogen and oxygen atoms in total. The number of esters is 1. The number of ether oxygens (including phenoxy) is 2. The van der Waals surface area contributed by atoms with Crippen LogP contribution in [0.5, 0.6) is 0 Å². The quantitative estimate of drug-likeness (QED) is 0.256. The summed E-state index contributed by atoms with van der Waals surface area (Å²) < 4.78 is 9.40. The Labute approximate surface area is 88.7 Å². The van der Waals surface area contributed by atoms with Gasteiger partial charge in [-0.25, -0.2) is 4.79 Å². The van der Waals surface area contributed by atoms with Gasteiger partial charge in [0.15, 0.2) is 0 Å². The zero-order valence-electron chi connectivity index (χ0n) is 9.08. The summed E-state index contributed by atoms with van der Waals surface area (Å²) in [4.78, 5) is 33.0. The Morgan fingerprint density at radius 3 is 2.27 bits per heavy atom. The summed E-state index contributed by atoms with van der Waals surface area (Å²) in [5.41, 5.74) is 0. The van der Waals surface area contributed by atoms with Gasteiger partial charge in [0.1, 0.15) is 5.78 Å². The Bertz CT molecular complexity index is 234. The van der Waals surface area contributed by atoms with Crippen molar-refractivity contribution in [3.8, 4) is 0 Å². The Hall–Kier alpha value is -1.23. The van der Waals surface area contributed by atoms with Crippen LogP contribution in [0.3, 0.4) is 0 Å². The fourth-order valence-corrected chi connectivity index (χ4v) is 0.882. The molecule has 0 atom stereocenters. The van der Waals surface area contributed by atoms with Gasteiger partial charge in [0.2, 0.25) is 5.78 Å². The summed E-state index contributed by atoms with van der Waals surface area (Å²) in [6.45, 7) is 4.36. The highest BCUT2D eigenvalue weighted by Gasteiger charge is 2.18. The third-order valence-corrected chi connectivity index (χ3v) is 1.59. The first kappa shape index (κ1) is 13.8. The Kier molecular flexibility index (Phi) is 7.44. The first-order chi connectivity index (χ1) is 7.11. The van der Waals surface area contributed by atoms with Gasteiger partial charge >= 0.3 is 5.97 Å². The molecule has 0 saturated carbocycles. The molecule has 0 radical (unpaired) electrons. The van der Waals surface area contributed by atoms with Crippen molar-refractivity contribution in [1.29, 1.82) is 0 Å². The molecular weight excluding hydrogens is 200 g/mol. The highest BCUT2D eigenvalue weighted by Crippen LogP contribution is 1.95. The molecule has 0 aromatic carbocycles. The number of hydrogen-bond acceptors (Lipinski definition) is 5. The van der Waals surface area contributed by atoms with E-state index in [9.17, 15) is 14.4 Å². The summed E-state index contributed by atoms with van der Waals surface area (Å²) >= 11 is 0. The van der Waals surface area contributed by atoms with Gasteiger partial charge in [-0.2, -0.15) is 0 Å². The second kappa shape index (κ2) is 8.11. The molecular formula is C10H16O5. The monoisotopic (exact) mass is 216 g/mol. The maximum Gasteiger partial charge on any atom is 0.375 e. The van der Waals surface area contributed by atoms with Gasteiger partial charge in [-0.05, 0) is 13.8 Å². The summed E-state index contributed by atoms with van der Waals surface area (Å²) in [6, 6.07) is 0. The van der Waals surface area contributed by atoms with Crippen LogP contribution in [0.1, 0.15) is 26.7 Å². The first-order valence-electron chi connectivity index (χ1n) is 4.91. The molecule has 0 heterocycles. The second-order valence-corrected chi connectivity index (χ2v) is 2.81. The molecule has 0 bridgehead atoms. The van der Waals surface area contributed by atoms with Crippen molar-refractivity contribution in [1.82, 2.24) is 0 Å². The minimum Gasteiger partial charge on any atom is -0.460 e. The minimum atomic E-state index is -0.942. The molecule has 86 valence electrons. The van der Waals surface area contributed by atoms with Crippen LogP contribution in [0.2, 0.25) is 0 Å². The number of ketones is 2. The predicted molar refractivity (Wildman–Crippen MR) is 52.4 cm³/mol. The molecule has 0 aliphatic heterocycles. The van der Waals surface area contributed by atoms with E-state index in [1.54, 1.807) is 6.92 Å². The van der Waals surface area contributed by atoms with Gasteiger partial charge in [-0.3, -0.25) is 9.59 Å². The summed E-state index contributed by atoms with van der Waals surface area (Å²) in [5.74, 6) is -2.04. The Morgan fingerprint density at radius 1 is 1.07 bits per heavy atom. The third-order valence-electron chi connectivity index (χ3n) is 1.59. The summed E-state index contributed by atoms with van der Waals surface area (Å²) in [7, 11) is 0. The molecule has 15 heavy (non-hydrogen) atoms. The molecule has 0 spiro atoms. The number of rotatable bonds is 8. The summed E-state index contributed by atoms with van der Waals surface area (Å²) in [5, 5.41) is 0. The van der Waals surface area contributed by atoms with Crippen molar-refractivity contribution in [3.63, 3.8) is 0 Å². The first-order valence-corrected chi connectivity index (χ1v) is 4.91. The number of carbonyl (C=O) groups is 3. The van der Waals surface area contributed by atoms with Gasteiger partial charge in [-0.15, -0.1) is 0 Å². The minimum absolute atomic E-state index is 0.137. The molecule has 0 rings (SSSR count). The van der Waals surface area contributed by atoms with E-state index in [0.29, 0.717) is 6.61 Å². The van der Waals surface area contributed by atoms with E-state index >= 15 is 0 Å². The molecule has 5 heteroatoms. The lowest BCUT2D eigenvalue weighted by Gasteiger charge is -2.01. The lowest BCUT2D eigenvalue weighted by atomic mass is 10.1. The average Bonchev–Trinajstić information content (AvgIpc) is 2.18. The molecule has 0 N–H and O–H groups in total. The fraction of sp³-hybridized carbons (Fsp3) is 0.700. The third kappa shape index (κ3) is 6.79. The van der Waals surface area contributed by atoms with Crippen molar-refractivity contribution in [2.75, 3.05) is 19.8 Å². The van der Waals surface area contributed by atoms with E-state index in [1.165, 1.54) is 0 Å². The lowest BCUT2D eigenvalue weighted by molar-refractivity contribution is -0.154. The molecule has 0 aromatic heterocycles. The normalized spacial score (nSPS) is 9.73. The van der Waals surface area contributed by atoms with Gasteiger partial charge < -0.3 is 9.47 Å². The SMILES string of the molecule is CCOCCC(=O)CC(=O)C(=O)OCC. The van der Waals surface area contributed by atoms with E-state index in [1.807, 2.05) is 6.92 Å². The maximum atomic E-state index is 11.1. The standard InChI is InChI=1S/C10H16O5/c1-3-14-6-5-8(11)7-9(12)10(13)15-4-2/h3-7H2,1-2H3. The van der Waals surface area contributed by atoms with Crippen LogP contribution in [-0.2, 0) is 23.9 Å². The van der Waals surface area contributed by atoms with Gasteiger partial charge in [0.05, 0.1) is 19.6 Å². The van der Waals surface area contributed by atoms with Crippen LogP contribution in [0.15, 0.2) is 0 Å². The zero-order valence-corrected chi connectivity index (χ0v) is 9.08. The van der Waals surface area contributed by atoms with E-state index in [0.717, 1.165) is 0 Å². The predicted octanol–water partition coefficient (Wildman–Crippen LogP) is 0.504. The highest BCUT2D eigenvalue weighted by molar-refractivity contribution is 6.37. The van der Waals surface area contributed by atoms with Crippen LogP contribution in [-0.4, -0.2) is 37.4 Å². The van der Waals surface area contributed by atoms with Gasteiger partial charge in [0.25, 0.3) is 0 Å². The van der Waals surface area contributed by atoms with Crippen LogP contribution >= 0.6 is 0 Å². The van der Waals surface area contributed by atoms with E-state index in [-0.39, 0.29) is 25.4 Å². The average molecular weight is 216 g/mol. The number of hydrogen-bond donors (Lipinski definition) is 0. The number of carbonyl (C=O) groups excluding carboxylic acids is 3. The lowest BCUT2D eigenvalue weighted by Crippen LogP contribution is -2.21. The maximum absolute atomic E-state index is 11.1. The molecule has 0 aromatic rings. The molecule has 0 aliphatic carbocycles. The highest BCUT2D eigenvalue weighted by atomic mass is 16.5. The van der Waals surface area contributed by atoms with Crippen LogP contribution in [0.4, 0.5) is 0 Å². The fourth-order valence-electron chi connectivity index (χ4n) is 0.882. The van der Waals surface area contributed by atoms with Crippen molar-refractivity contribution in [2.45, 2.75) is 26.7 Å². The van der Waals surface area contributed by atoms with Crippen molar-refractivity contribution < 1.29 is 23.9 Å². The Morgan fingerprint density at radius 2 is 1.73 bits per heavy atom.